The third-order valence-corrected chi connectivity index (χ3v) is 11.0. The predicted octanol–water partition coefficient (Wildman–Crippen LogP) is 2.28. The molecular formula is C34H46N4O10S. The molecular weight excluding hydrogens is 656 g/mol. The molecule has 14 nitrogen and oxygen atoms in total. The summed E-state index contributed by atoms with van der Waals surface area (Å²) in [5.74, 6) is -0.176. The van der Waals surface area contributed by atoms with Crippen LogP contribution in [-0.2, 0) is 45.0 Å². The van der Waals surface area contributed by atoms with Gasteiger partial charge in [0.2, 0.25) is 5.91 Å². The Morgan fingerprint density at radius 2 is 1.78 bits per heavy atom. The Balaban J connectivity index is 1.17. The van der Waals surface area contributed by atoms with Crippen molar-refractivity contribution in [2.24, 2.45) is 5.92 Å². The molecule has 1 saturated carbocycles. The predicted molar refractivity (Wildman–Crippen MR) is 177 cm³/mol. The molecule has 3 heterocycles. The topological polar surface area (TPSA) is 165 Å². The summed E-state index contributed by atoms with van der Waals surface area (Å²) in [6.07, 6.45) is 0.746. The van der Waals surface area contributed by atoms with Gasteiger partial charge in [-0.3, -0.25) is 9.63 Å². The van der Waals surface area contributed by atoms with Crippen LogP contribution in [0, 0.1) is 5.92 Å². The number of carbonyl (C=O) groups is 2. The molecule has 268 valence electrons. The van der Waals surface area contributed by atoms with Crippen LogP contribution in [-0.4, -0.2) is 118 Å². The Labute approximate surface area is 287 Å². The van der Waals surface area contributed by atoms with E-state index in [9.17, 15) is 23.1 Å². The number of hydrogen-bond acceptors (Lipinski definition) is 11. The lowest BCUT2D eigenvalue weighted by atomic mass is 10.0. The molecule has 2 aromatic rings. The molecule has 4 aliphatic rings. The van der Waals surface area contributed by atoms with Gasteiger partial charge >= 0.3 is 6.09 Å². The Morgan fingerprint density at radius 1 is 1.00 bits per heavy atom. The summed E-state index contributed by atoms with van der Waals surface area (Å²) < 4.78 is 51.4. The molecule has 3 N–H and O–H groups in total. The Morgan fingerprint density at radius 3 is 2.55 bits per heavy atom. The molecule has 0 radical (unpaired) electrons. The number of hydroxylamine groups is 1. The highest BCUT2D eigenvalue weighted by Gasteiger charge is 2.44. The molecule has 1 aliphatic carbocycles. The highest BCUT2D eigenvalue weighted by Crippen LogP contribution is 2.33. The van der Waals surface area contributed by atoms with Crippen molar-refractivity contribution in [2.45, 2.75) is 74.1 Å². The van der Waals surface area contributed by atoms with Gasteiger partial charge in [-0.25, -0.2) is 13.2 Å². The number of ether oxygens (including phenoxy) is 4. The second-order valence-electron chi connectivity index (χ2n) is 12.9. The van der Waals surface area contributed by atoms with E-state index in [-0.39, 0.29) is 42.4 Å². The fraction of sp³-hybridized carbons (Fsp3) is 0.588. The van der Waals surface area contributed by atoms with Crippen molar-refractivity contribution in [3.63, 3.8) is 0 Å². The maximum Gasteiger partial charge on any atom is 0.407 e. The van der Waals surface area contributed by atoms with Gasteiger partial charge in [0.25, 0.3) is 10.0 Å². The zero-order chi connectivity index (χ0) is 34.2. The first-order valence-corrected chi connectivity index (χ1v) is 18.5. The molecule has 4 fully saturated rings. The number of fused-ring (bicyclic) bond motifs is 1. The molecule has 0 unspecified atom stereocenters. The smallest absolute Gasteiger partial charge is 0.407 e. The molecule has 0 aromatic heterocycles. The van der Waals surface area contributed by atoms with Crippen molar-refractivity contribution in [1.82, 2.24) is 14.7 Å². The molecule has 6 rings (SSSR count). The number of anilines is 1. The lowest BCUT2D eigenvalue weighted by Crippen LogP contribution is -2.51. The van der Waals surface area contributed by atoms with Crippen molar-refractivity contribution < 1.29 is 46.9 Å². The monoisotopic (exact) mass is 702 g/mol. The number of rotatable bonds is 14. The highest BCUT2D eigenvalue weighted by molar-refractivity contribution is 7.89. The first-order chi connectivity index (χ1) is 23.8. The third-order valence-electron chi connectivity index (χ3n) is 9.42. The van der Waals surface area contributed by atoms with Gasteiger partial charge < -0.3 is 39.6 Å². The first kappa shape index (κ1) is 35.5. The minimum atomic E-state index is -4.30. The summed E-state index contributed by atoms with van der Waals surface area (Å²) in [6.45, 7) is 2.27. The van der Waals surface area contributed by atoms with E-state index in [1.807, 2.05) is 30.3 Å². The number of alkyl carbamates (subject to hydrolysis) is 1. The number of nitrogens with one attached hydrogen (secondary N) is 2. The number of carbonyl (C=O) groups excluding carboxylic acids is 2. The van der Waals surface area contributed by atoms with Gasteiger partial charge in [0.1, 0.15) is 6.10 Å². The second-order valence-corrected chi connectivity index (χ2v) is 14.7. The van der Waals surface area contributed by atoms with Gasteiger partial charge in [0.15, 0.2) is 6.29 Å². The molecule has 2 aromatic carbocycles. The Hall–Kier alpha value is -3.31. The van der Waals surface area contributed by atoms with Gasteiger partial charge in [0.05, 0.1) is 68.6 Å². The quantitative estimate of drug-likeness (QED) is 0.248. The number of benzene rings is 2. The van der Waals surface area contributed by atoms with E-state index in [0.29, 0.717) is 57.9 Å². The van der Waals surface area contributed by atoms with Crippen molar-refractivity contribution in [3.05, 3.63) is 60.2 Å². The molecule has 3 saturated heterocycles. The van der Waals surface area contributed by atoms with Crippen LogP contribution in [0.25, 0.3) is 0 Å². The summed E-state index contributed by atoms with van der Waals surface area (Å²) in [5, 5.41) is 17.5. The standard InChI is InChI=1S/C34H46N4O10S/c39-30(29(19-24-7-2-1-3-8-24)36-34(41)47-31-23-46-33-28(31)13-16-45-33)22-38(48-26-10-4-5-11-26)49(42,43)27-12-6-9-25(20-27)35-21-32(40)37-14-17-44-18-15-37/h1-3,6-9,12,20,26,28-31,33,35,39H,4-5,10-11,13-19,21-23H2,(H,36,41)/t28-,29+,30-,31-,33+/m1/s1. The average molecular weight is 703 g/mol. The number of amides is 2. The van der Waals surface area contributed by atoms with E-state index >= 15 is 0 Å². The van der Waals surface area contributed by atoms with Gasteiger partial charge in [0, 0.05) is 18.8 Å². The van der Waals surface area contributed by atoms with Crippen LogP contribution >= 0.6 is 0 Å². The maximum absolute atomic E-state index is 14.2. The van der Waals surface area contributed by atoms with Crippen LogP contribution in [0.15, 0.2) is 59.5 Å². The van der Waals surface area contributed by atoms with Crippen LogP contribution in [0.4, 0.5) is 10.5 Å². The van der Waals surface area contributed by atoms with Crippen LogP contribution in [0.1, 0.15) is 37.7 Å². The van der Waals surface area contributed by atoms with E-state index in [1.165, 1.54) is 12.1 Å². The molecule has 49 heavy (non-hydrogen) atoms. The molecule has 0 bridgehead atoms. The summed E-state index contributed by atoms with van der Waals surface area (Å²) in [5.41, 5.74) is 1.28. The minimum Gasteiger partial charge on any atom is -0.443 e. The molecule has 15 heteroatoms. The lowest BCUT2D eigenvalue weighted by molar-refractivity contribution is -0.145. The van der Waals surface area contributed by atoms with E-state index in [1.54, 1.807) is 17.0 Å². The molecule has 3 aliphatic heterocycles. The number of morpholine rings is 1. The van der Waals surface area contributed by atoms with E-state index in [2.05, 4.69) is 10.6 Å². The summed E-state index contributed by atoms with van der Waals surface area (Å²) in [7, 11) is -4.30. The SMILES string of the molecule is O=C(N[C@@H](Cc1ccccc1)[C@H](O)CN(OC1CCCC1)S(=O)(=O)c1cccc(NCC(=O)N2CCOCC2)c1)O[C@@H]1CO[C@@H]2OCC[C@@H]21. The molecule has 2 amide bonds. The Kier molecular flexibility index (Phi) is 12.0. The zero-order valence-electron chi connectivity index (χ0n) is 27.5. The largest absolute Gasteiger partial charge is 0.443 e. The van der Waals surface area contributed by atoms with Crippen molar-refractivity contribution in [3.8, 4) is 0 Å². The second kappa shape index (κ2) is 16.6. The fourth-order valence-electron chi connectivity index (χ4n) is 6.65. The summed E-state index contributed by atoms with van der Waals surface area (Å²) in [4.78, 5) is 33.6. The maximum atomic E-state index is 14.2. The lowest BCUT2D eigenvalue weighted by Gasteiger charge is -2.31. The van der Waals surface area contributed by atoms with E-state index in [0.717, 1.165) is 22.9 Å². The van der Waals surface area contributed by atoms with Crippen LogP contribution in [0.3, 0.4) is 0 Å². The Bertz CT molecular complexity index is 1500. The van der Waals surface area contributed by atoms with Gasteiger partial charge in [-0.1, -0.05) is 53.7 Å². The summed E-state index contributed by atoms with van der Waals surface area (Å²) >= 11 is 0. The van der Waals surface area contributed by atoms with Crippen molar-refractivity contribution >= 4 is 27.7 Å². The van der Waals surface area contributed by atoms with E-state index < -0.39 is 47.2 Å². The first-order valence-electron chi connectivity index (χ1n) is 17.1. The van der Waals surface area contributed by atoms with E-state index in [4.69, 9.17) is 23.8 Å². The van der Waals surface area contributed by atoms with Crippen LogP contribution in [0.5, 0.6) is 0 Å². The number of hydrogen-bond donors (Lipinski definition) is 3. The average Bonchev–Trinajstić information content (AvgIpc) is 3.89. The molecule has 5 atom stereocenters. The number of aliphatic hydroxyl groups excluding tert-OH is 1. The van der Waals surface area contributed by atoms with Crippen LogP contribution < -0.4 is 10.6 Å². The van der Waals surface area contributed by atoms with Crippen LogP contribution in [0.2, 0.25) is 0 Å². The highest BCUT2D eigenvalue weighted by atomic mass is 32.2. The number of sulfonamides is 1. The fourth-order valence-corrected chi connectivity index (χ4v) is 7.99. The number of aliphatic hydroxyl groups is 1. The van der Waals surface area contributed by atoms with Gasteiger partial charge in [-0.05, 0) is 49.4 Å². The third kappa shape index (κ3) is 9.28. The normalized spacial score (nSPS) is 24.0. The minimum absolute atomic E-state index is 0.00511. The van der Waals surface area contributed by atoms with Gasteiger partial charge in [-0.2, -0.15) is 0 Å². The van der Waals surface area contributed by atoms with Crippen molar-refractivity contribution in [1.29, 1.82) is 0 Å². The summed E-state index contributed by atoms with van der Waals surface area (Å²) in [6, 6.07) is 14.5. The zero-order valence-corrected chi connectivity index (χ0v) is 28.3. The number of nitrogens with zero attached hydrogens (tertiary/aromatic N) is 2. The van der Waals surface area contributed by atoms with Crippen molar-refractivity contribution in [2.75, 3.05) is 57.9 Å². The van der Waals surface area contributed by atoms with Gasteiger partial charge in [-0.15, -0.1) is 0 Å². The molecule has 0 spiro atoms.